The summed E-state index contributed by atoms with van der Waals surface area (Å²) in [4.78, 5) is 0.162. The summed E-state index contributed by atoms with van der Waals surface area (Å²) in [5, 5.41) is 8.95. The van der Waals surface area contributed by atoms with Crippen LogP contribution in [-0.2, 0) is 10.0 Å². The van der Waals surface area contributed by atoms with Gasteiger partial charge in [0.2, 0.25) is 0 Å². The summed E-state index contributed by atoms with van der Waals surface area (Å²) in [6.07, 6.45) is 0. The zero-order valence-corrected chi connectivity index (χ0v) is 11.2. The van der Waals surface area contributed by atoms with Gasteiger partial charge in [0.15, 0.2) is 0 Å². The first-order valence-electron chi connectivity index (χ1n) is 5.30. The maximum Gasteiger partial charge on any atom is 0.261 e. The SMILES string of the molecule is N#Cc1ccc(NS(=O)(=O)c2ccccc2)cc1Cl. The Bertz CT molecular complexity index is 737. The fourth-order valence-electron chi connectivity index (χ4n) is 1.48. The Kier molecular flexibility index (Phi) is 3.74. The molecule has 0 fully saturated rings. The highest BCUT2D eigenvalue weighted by molar-refractivity contribution is 7.92. The van der Waals surface area contributed by atoms with Crippen molar-refractivity contribution in [2.45, 2.75) is 4.90 Å². The van der Waals surface area contributed by atoms with Gasteiger partial charge >= 0.3 is 0 Å². The molecule has 0 amide bonds. The number of nitriles is 1. The van der Waals surface area contributed by atoms with Crippen LogP contribution >= 0.6 is 11.6 Å². The van der Waals surface area contributed by atoms with Gasteiger partial charge in [-0.05, 0) is 30.3 Å². The number of nitrogens with one attached hydrogen (secondary N) is 1. The highest BCUT2D eigenvalue weighted by atomic mass is 35.5. The van der Waals surface area contributed by atoms with Crippen LogP contribution in [0.2, 0.25) is 5.02 Å². The van der Waals surface area contributed by atoms with E-state index in [1.54, 1.807) is 18.2 Å². The first-order valence-corrected chi connectivity index (χ1v) is 7.16. The lowest BCUT2D eigenvalue weighted by Gasteiger charge is -2.08. The molecule has 0 aromatic heterocycles. The van der Waals surface area contributed by atoms with Gasteiger partial charge in [-0.2, -0.15) is 5.26 Å². The number of benzene rings is 2. The highest BCUT2D eigenvalue weighted by Crippen LogP contribution is 2.22. The zero-order chi connectivity index (χ0) is 13.9. The number of hydrogen-bond donors (Lipinski definition) is 1. The van der Waals surface area contributed by atoms with E-state index in [0.29, 0.717) is 11.3 Å². The van der Waals surface area contributed by atoms with Gasteiger partial charge in [0, 0.05) is 0 Å². The molecule has 0 atom stereocenters. The van der Waals surface area contributed by atoms with Gasteiger partial charge in [0.25, 0.3) is 10.0 Å². The molecule has 0 unspecified atom stereocenters. The van der Waals surface area contributed by atoms with E-state index in [1.165, 1.54) is 30.3 Å². The fourth-order valence-corrected chi connectivity index (χ4v) is 2.78. The third kappa shape index (κ3) is 3.05. The van der Waals surface area contributed by atoms with Crippen molar-refractivity contribution in [1.82, 2.24) is 0 Å². The number of halogens is 1. The van der Waals surface area contributed by atoms with Crippen molar-refractivity contribution in [3.8, 4) is 6.07 Å². The second-order valence-corrected chi connectivity index (χ2v) is 5.81. The van der Waals surface area contributed by atoms with E-state index < -0.39 is 10.0 Å². The first kappa shape index (κ1) is 13.4. The molecule has 2 aromatic carbocycles. The molecule has 4 nitrogen and oxygen atoms in total. The fraction of sp³-hybridized carbons (Fsp3) is 0. The van der Waals surface area contributed by atoms with Gasteiger partial charge in [-0.1, -0.05) is 29.8 Å². The molecule has 1 N–H and O–H groups in total. The maximum absolute atomic E-state index is 12.0. The molecule has 0 bridgehead atoms. The monoisotopic (exact) mass is 292 g/mol. The van der Waals surface area contributed by atoms with Crippen LogP contribution in [0.3, 0.4) is 0 Å². The summed E-state index contributed by atoms with van der Waals surface area (Å²) in [5.41, 5.74) is 0.608. The second kappa shape index (κ2) is 5.31. The maximum atomic E-state index is 12.0. The van der Waals surface area contributed by atoms with Crippen LogP contribution in [0.15, 0.2) is 53.4 Å². The zero-order valence-electron chi connectivity index (χ0n) is 9.67. The number of anilines is 1. The van der Waals surface area contributed by atoms with E-state index in [9.17, 15) is 8.42 Å². The van der Waals surface area contributed by atoms with Gasteiger partial charge in [-0.3, -0.25) is 4.72 Å². The average Bonchev–Trinajstić information content (AvgIpc) is 2.39. The molecule has 2 rings (SSSR count). The van der Waals surface area contributed by atoms with Crippen molar-refractivity contribution in [3.05, 3.63) is 59.1 Å². The van der Waals surface area contributed by atoms with Crippen molar-refractivity contribution >= 4 is 27.3 Å². The predicted molar refractivity (Wildman–Crippen MR) is 73.4 cm³/mol. The standard InChI is InChI=1S/C13H9ClN2O2S/c14-13-8-11(7-6-10(13)9-15)16-19(17,18)12-4-2-1-3-5-12/h1-8,16H. The van der Waals surface area contributed by atoms with Crippen molar-refractivity contribution in [1.29, 1.82) is 5.26 Å². The smallest absolute Gasteiger partial charge is 0.261 e. The van der Waals surface area contributed by atoms with Crippen molar-refractivity contribution in [2.24, 2.45) is 0 Å². The Morgan fingerprint density at radius 3 is 2.37 bits per heavy atom. The topological polar surface area (TPSA) is 70.0 Å². The summed E-state index contributed by atoms with van der Waals surface area (Å²) in [6, 6.07) is 14.3. The van der Waals surface area contributed by atoms with E-state index in [1.807, 2.05) is 6.07 Å². The van der Waals surface area contributed by atoms with Crippen LogP contribution < -0.4 is 4.72 Å². The van der Waals surface area contributed by atoms with Crippen LogP contribution in [0.1, 0.15) is 5.56 Å². The molecule has 6 heteroatoms. The Hall–Kier alpha value is -2.03. The van der Waals surface area contributed by atoms with Crippen molar-refractivity contribution in [2.75, 3.05) is 4.72 Å². The molecule has 0 aliphatic rings. The van der Waals surface area contributed by atoms with Crippen LogP contribution in [0, 0.1) is 11.3 Å². The quantitative estimate of drug-likeness (QED) is 0.945. The summed E-state index contributed by atoms with van der Waals surface area (Å²) in [7, 11) is -3.64. The molecule has 0 spiro atoms. The van der Waals surface area contributed by atoms with Gasteiger partial charge in [0.05, 0.1) is 21.2 Å². The molecular weight excluding hydrogens is 284 g/mol. The Labute approximate surface area is 116 Å². The first-order chi connectivity index (χ1) is 9.03. The number of nitrogens with zero attached hydrogens (tertiary/aromatic N) is 1. The number of rotatable bonds is 3. The minimum absolute atomic E-state index is 0.162. The van der Waals surface area contributed by atoms with E-state index in [-0.39, 0.29) is 9.92 Å². The molecule has 0 saturated carbocycles. The third-order valence-electron chi connectivity index (χ3n) is 2.40. The Balaban J connectivity index is 2.32. The summed E-state index contributed by atoms with van der Waals surface area (Å²) in [5.74, 6) is 0. The molecule has 0 aliphatic carbocycles. The summed E-state index contributed by atoms with van der Waals surface area (Å²) < 4.78 is 26.5. The van der Waals surface area contributed by atoms with Crippen LogP contribution in [-0.4, -0.2) is 8.42 Å². The average molecular weight is 293 g/mol. The van der Waals surface area contributed by atoms with Crippen LogP contribution in [0.25, 0.3) is 0 Å². The second-order valence-electron chi connectivity index (χ2n) is 3.72. The number of sulfonamides is 1. The summed E-state index contributed by atoms with van der Waals surface area (Å²) in [6.45, 7) is 0. The lowest BCUT2D eigenvalue weighted by Crippen LogP contribution is -2.12. The van der Waals surface area contributed by atoms with Gasteiger partial charge in [-0.15, -0.1) is 0 Å². The summed E-state index contributed by atoms with van der Waals surface area (Å²) >= 11 is 5.85. The van der Waals surface area contributed by atoms with Gasteiger partial charge in [0.1, 0.15) is 6.07 Å². The van der Waals surface area contributed by atoms with Gasteiger partial charge in [-0.25, -0.2) is 8.42 Å². The highest BCUT2D eigenvalue weighted by Gasteiger charge is 2.13. The molecule has 0 aliphatic heterocycles. The van der Waals surface area contributed by atoms with Crippen LogP contribution in [0.4, 0.5) is 5.69 Å². The lowest BCUT2D eigenvalue weighted by molar-refractivity contribution is 0.601. The minimum Gasteiger partial charge on any atom is -0.280 e. The lowest BCUT2D eigenvalue weighted by atomic mass is 10.2. The normalized spacial score (nSPS) is 10.7. The van der Waals surface area contributed by atoms with Crippen molar-refractivity contribution < 1.29 is 8.42 Å². The molecule has 0 heterocycles. The van der Waals surface area contributed by atoms with Gasteiger partial charge < -0.3 is 0 Å². The minimum atomic E-state index is -3.64. The number of hydrogen-bond acceptors (Lipinski definition) is 3. The largest absolute Gasteiger partial charge is 0.280 e. The van der Waals surface area contributed by atoms with E-state index in [2.05, 4.69) is 4.72 Å². The van der Waals surface area contributed by atoms with Crippen LogP contribution in [0.5, 0.6) is 0 Å². The molecule has 96 valence electrons. The van der Waals surface area contributed by atoms with Crippen molar-refractivity contribution in [3.63, 3.8) is 0 Å². The predicted octanol–water partition coefficient (Wildman–Crippen LogP) is 3.01. The molecule has 0 radical (unpaired) electrons. The molecule has 0 saturated heterocycles. The Morgan fingerprint density at radius 2 is 1.79 bits per heavy atom. The molecular formula is C13H9ClN2O2S. The molecule has 19 heavy (non-hydrogen) atoms. The molecule has 2 aromatic rings. The van der Waals surface area contributed by atoms with E-state index in [4.69, 9.17) is 16.9 Å². The van der Waals surface area contributed by atoms with E-state index >= 15 is 0 Å². The Morgan fingerprint density at radius 1 is 1.11 bits per heavy atom. The van der Waals surface area contributed by atoms with E-state index in [0.717, 1.165) is 0 Å². The third-order valence-corrected chi connectivity index (χ3v) is 4.11.